The van der Waals surface area contributed by atoms with Gasteiger partial charge in [-0.2, -0.15) is 0 Å². The first-order valence-electron chi connectivity index (χ1n) is 7.10. The number of benzene rings is 1. The highest BCUT2D eigenvalue weighted by Gasteiger charge is 2.35. The zero-order valence-electron chi connectivity index (χ0n) is 11.9. The summed E-state index contributed by atoms with van der Waals surface area (Å²) >= 11 is 0. The fourth-order valence-electron chi connectivity index (χ4n) is 2.90. The molecule has 0 saturated heterocycles. The second-order valence-electron chi connectivity index (χ2n) is 6.56. The van der Waals surface area contributed by atoms with Crippen molar-refractivity contribution < 1.29 is 9.50 Å². The van der Waals surface area contributed by atoms with Gasteiger partial charge in [0.05, 0.1) is 17.8 Å². The highest BCUT2D eigenvalue weighted by atomic mass is 19.1. The van der Waals surface area contributed by atoms with E-state index in [1.165, 1.54) is 6.07 Å². The molecule has 1 saturated carbocycles. The molecule has 1 unspecified atom stereocenters. The van der Waals surface area contributed by atoms with Crippen molar-refractivity contribution in [3.63, 3.8) is 0 Å². The summed E-state index contributed by atoms with van der Waals surface area (Å²) in [5.41, 5.74) is 0.431. The molecule has 0 aliphatic heterocycles. The molecule has 1 aromatic carbocycles. The first-order chi connectivity index (χ1) is 8.96. The number of aliphatic hydroxyl groups excluding tert-OH is 1. The molecular formula is C16H24FNO. The SMILES string of the molecule is CC1(C)CCCC(CO)(Nc2ccccc2F)CC1. The van der Waals surface area contributed by atoms with E-state index in [1.807, 2.05) is 6.07 Å². The largest absolute Gasteiger partial charge is 0.394 e. The van der Waals surface area contributed by atoms with Gasteiger partial charge in [0.2, 0.25) is 0 Å². The van der Waals surface area contributed by atoms with Crippen molar-refractivity contribution in [3.8, 4) is 0 Å². The van der Waals surface area contributed by atoms with Gasteiger partial charge >= 0.3 is 0 Å². The molecule has 19 heavy (non-hydrogen) atoms. The zero-order chi connectivity index (χ0) is 13.9. The van der Waals surface area contributed by atoms with Crippen molar-refractivity contribution in [2.75, 3.05) is 11.9 Å². The van der Waals surface area contributed by atoms with Gasteiger partial charge in [0.1, 0.15) is 5.82 Å². The minimum atomic E-state index is -0.379. The summed E-state index contributed by atoms with van der Waals surface area (Å²) in [7, 11) is 0. The molecule has 1 aliphatic rings. The topological polar surface area (TPSA) is 32.3 Å². The molecule has 0 aromatic heterocycles. The monoisotopic (exact) mass is 265 g/mol. The van der Waals surface area contributed by atoms with Crippen molar-refractivity contribution in [2.24, 2.45) is 5.41 Å². The minimum Gasteiger partial charge on any atom is -0.394 e. The van der Waals surface area contributed by atoms with E-state index < -0.39 is 0 Å². The quantitative estimate of drug-likeness (QED) is 0.811. The number of para-hydroxylation sites is 1. The van der Waals surface area contributed by atoms with E-state index >= 15 is 0 Å². The zero-order valence-corrected chi connectivity index (χ0v) is 11.9. The molecule has 2 nitrogen and oxygen atoms in total. The number of hydrogen-bond donors (Lipinski definition) is 2. The standard InChI is InChI=1S/C16H24FNO/c1-15(2)8-5-9-16(12-19,11-10-15)18-14-7-4-3-6-13(14)17/h3-4,6-7,18-19H,5,8-12H2,1-2H3. The Kier molecular flexibility index (Phi) is 4.14. The second-order valence-corrected chi connectivity index (χ2v) is 6.56. The van der Waals surface area contributed by atoms with E-state index in [2.05, 4.69) is 19.2 Å². The van der Waals surface area contributed by atoms with E-state index in [0.717, 1.165) is 32.1 Å². The van der Waals surface area contributed by atoms with E-state index in [-0.39, 0.29) is 18.0 Å². The molecule has 3 heteroatoms. The van der Waals surface area contributed by atoms with Gasteiger partial charge in [0.15, 0.2) is 0 Å². The molecule has 2 rings (SSSR count). The van der Waals surface area contributed by atoms with Crippen LogP contribution in [-0.4, -0.2) is 17.3 Å². The molecule has 0 bridgehead atoms. The van der Waals surface area contributed by atoms with Gasteiger partial charge in [-0.3, -0.25) is 0 Å². The molecule has 2 N–H and O–H groups in total. The molecular weight excluding hydrogens is 241 g/mol. The molecule has 0 heterocycles. The van der Waals surface area contributed by atoms with Crippen LogP contribution in [0.1, 0.15) is 46.0 Å². The van der Waals surface area contributed by atoms with Crippen LogP contribution < -0.4 is 5.32 Å². The Labute approximate surface area is 115 Å². The average molecular weight is 265 g/mol. The normalized spacial score (nSPS) is 26.7. The van der Waals surface area contributed by atoms with Gasteiger partial charge in [-0.05, 0) is 43.2 Å². The fraction of sp³-hybridized carbons (Fsp3) is 0.625. The first-order valence-corrected chi connectivity index (χ1v) is 7.10. The van der Waals surface area contributed by atoms with Crippen LogP contribution in [-0.2, 0) is 0 Å². The lowest BCUT2D eigenvalue weighted by molar-refractivity contribution is 0.190. The van der Waals surface area contributed by atoms with Gasteiger partial charge in [0.25, 0.3) is 0 Å². The number of nitrogens with one attached hydrogen (secondary N) is 1. The average Bonchev–Trinajstić information content (AvgIpc) is 2.52. The Bertz CT molecular complexity index is 433. The molecule has 0 spiro atoms. The van der Waals surface area contributed by atoms with Crippen molar-refractivity contribution in [1.29, 1.82) is 0 Å². The third-order valence-electron chi connectivity index (χ3n) is 4.37. The lowest BCUT2D eigenvalue weighted by Crippen LogP contribution is -2.42. The summed E-state index contributed by atoms with van der Waals surface area (Å²) in [6, 6.07) is 6.69. The third-order valence-corrected chi connectivity index (χ3v) is 4.37. The number of aliphatic hydroxyl groups is 1. The van der Waals surface area contributed by atoms with E-state index in [0.29, 0.717) is 11.1 Å². The van der Waals surface area contributed by atoms with Gasteiger partial charge in [-0.1, -0.05) is 32.4 Å². The Morgan fingerprint density at radius 2 is 1.89 bits per heavy atom. The van der Waals surface area contributed by atoms with Crippen molar-refractivity contribution in [3.05, 3.63) is 30.1 Å². The van der Waals surface area contributed by atoms with Gasteiger partial charge in [-0.25, -0.2) is 4.39 Å². The smallest absolute Gasteiger partial charge is 0.146 e. The van der Waals surface area contributed by atoms with E-state index in [4.69, 9.17) is 0 Å². The summed E-state index contributed by atoms with van der Waals surface area (Å²) in [6.45, 7) is 4.59. The van der Waals surface area contributed by atoms with Gasteiger partial charge in [-0.15, -0.1) is 0 Å². The van der Waals surface area contributed by atoms with Crippen LogP contribution in [0.15, 0.2) is 24.3 Å². The van der Waals surface area contributed by atoms with E-state index in [9.17, 15) is 9.50 Å². The molecule has 1 aromatic rings. The van der Waals surface area contributed by atoms with Crippen LogP contribution >= 0.6 is 0 Å². The highest BCUT2D eigenvalue weighted by molar-refractivity contribution is 5.47. The van der Waals surface area contributed by atoms with Crippen LogP contribution in [0, 0.1) is 11.2 Å². The number of rotatable bonds is 3. The maximum Gasteiger partial charge on any atom is 0.146 e. The lowest BCUT2D eigenvalue weighted by atomic mass is 9.83. The summed E-state index contributed by atoms with van der Waals surface area (Å²) in [6.07, 6.45) is 5.05. The van der Waals surface area contributed by atoms with Crippen LogP contribution in [0.4, 0.5) is 10.1 Å². The maximum absolute atomic E-state index is 13.8. The Morgan fingerprint density at radius 1 is 1.16 bits per heavy atom. The van der Waals surface area contributed by atoms with Crippen molar-refractivity contribution in [1.82, 2.24) is 0 Å². The molecule has 0 radical (unpaired) electrons. The molecule has 106 valence electrons. The van der Waals surface area contributed by atoms with Crippen LogP contribution in [0.3, 0.4) is 0 Å². The minimum absolute atomic E-state index is 0.0530. The predicted octanol–water partition coefficient (Wildman–Crippen LogP) is 3.96. The Morgan fingerprint density at radius 3 is 2.58 bits per heavy atom. The predicted molar refractivity (Wildman–Crippen MR) is 76.7 cm³/mol. The van der Waals surface area contributed by atoms with E-state index in [1.54, 1.807) is 12.1 Å². The highest BCUT2D eigenvalue weighted by Crippen LogP contribution is 2.39. The summed E-state index contributed by atoms with van der Waals surface area (Å²) in [5, 5.41) is 13.1. The molecule has 1 fully saturated rings. The van der Waals surface area contributed by atoms with Crippen LogP contribution in [0.25, 0.3) is 0 Å². The van der Waals surface area contributed by atoms with Gasteiger partial charge < -0.3 is 10.4 Å². The number of halogens is 1. The fourth-order valence-corrected chi connectivity index (χ4v) is 2.90. The molecule has 1 aliphatic carbocycles. The third kappa shape index (κ3) is 3.47. The van der Waals surface area contributed by atoms with Crippen LogP contribution in [0.2, 0.25) is 0 Å². The van der Waals surface area contributed by atoms with Gasteiger partial charge in [0, 0.05) is 0 Å². The Hall–Kier alpha value is -1.09. The van der Waals surface area contributed by atoms with Crippen molar-refractivity contribution >= 4 is 5.69 Å². The van der Waals surface area contributed by atoms with Crippen molar-refractivity contribution in [2.45, 2.75) is 51.5 Å². The molecule has 1 atom stereocenters. The summed E-state index contributed by atoms with van der Waals surface area (Å²) in [4.78, 5) is 0. The van der Waals surface area contributed by atoms with Crippen LogP contribution in [0.5, 0.6) is 0 Å². The number of hydrogen-bond acceptors (Lipinski definition) is 2. The summed E-state index contributed by atoms with van der Waals surface area (Å²) in [5.74, 6) is -0.251. The molecule has 0 amide bonds. The maximum atomic E-state index is 13.8. The number of anilines is 1. The lowest BCUT2D eigenvalue weighted by Gasteiger charge is -2.34. The second kappa shape index (κ2) is 5.49. The first kappa shape index (κ1) is 14.3. The Balaban J connectivity index is 2.17. The summed E-state index contributed by atoms with van der Waals surface area (Å²) < 4.78 is 13.8.